The maximum Gasteiger partial charge on any atom is 0.406 e. The van der Waals surface area contributed by atoms with Crippen molar-refractivity contribution in [2.75, 3.05) is 12.3 Å². The van der Waals surface area contributed by atoms with Crippen LogP contribution >= 0.6 is 11.8 Å². The molecule has 1 aromatic carbocycles. The van der Waals surface area contributed by atoms with Crippen LogP contribution in [0.3, 0.4) is 0 Å². The van der Waals surface area contributed by atoms with E-state index in [0.29, 0.717) is 16.5 Å². The Bertz CT molecular complexity index is 924. The maximum absolute atomic E-state index is 14.2. The Morgan fingerprint density at radius 2 is 1.93 bits per heavy atom. The van der Waals surface area contributed by atoms with Gasteiger partial charge in [-0.05, 0) is 50.7 Å². The number of nitrogens with zero attached hydrogens (tertiary/aromatic N) is 4. The van der Waals surface area contributed by atoms with Crippen LogP contribution < -0.4 is 0 Å². The van der Waals surface area contributed by atoms with Crippen molar-refractivity contribution in [3.63, 3.8) is 0 Å². The van der Waals surface area contributed by atoms with Gasteiger partial charge < -0.3 is 4.90 Å². The lowest BCUT2D eigenvalue weighted by Crippen LogP contribution is -2.46. The molecule has 0 bridgehead atoms. The molecule has 30 heavy (non-hydrogen) atoms. The summed E-state index contributed by atoms with van der Waals surface area (Å²) in [5.41, 5.74) is 0.316. The Hall–Kier alpha value is -2.10. The monoisotopic (exact) mass is 442 g/mol. The molecule has 2 saturated carbocycles. The smallest absolute Gasteiger partial charge is 0.330 e. The second kappa shape index (κ2) is 8.20. The Kier molecular flexibility index (Phi) is 5.78. The summed E-state index contributed by atoms with van der Waals surface area (Å²) in [5.74, 6) is -0.661. The number of carbonyl (C=O) groups is 1. The normalized spacial score (nSPS) is 17.8. The Morgan fingerprint density at radius 3 is 2.53 bits per heavy atom. The second-order valence-electron chi connectivity index (χ2n) is 7.89. The molecule has 2 aromatic rings. The minimum Gasteiger partial charge on any atom is -0.330 e. The predicted molar refractivity (Wildman–Crippen MR) is 104 cm³/mol. The van der Waals surface area contributed by atoms with E-state index in [1.165, 1.54) is 6.07 Å². The SMILES string of the molecule is CC(C1CC1)N(CC(F)(F)F)C(=O)CSc1nnc(-c2ccccc2F)n1C1CC1. The fourth-order valence-electron chi connectivity index (χ4n) is 3.56. The van der Waals surface area contributed by atoms with Crippen molar-refractivity contribution < 1.29 is 22.4 Å². The van der Waals surface area contributed by atoms with Crippen LogP contribution in [-0.2, 0) is 4.79 Å². The topological polar surface area (TPSA) is 51.0 Å². The van der Waals surface area contributed by atoms with Gasteiger partial charge in [-0.1, -0.05) is 23.9 Å². The van der Waals surface area contributed by atoms with Crippen LogP contribution in [0, 0.1) is 11.7 Å². The van der Waals surface area contributed by atoms with Gasteiger partial charge in [0, 0.05) is 12.1 Å². The van der Waals surface area contributed by atoms with Crippen molar-refractivity contribution in [3.05, 3.63) is 30.1 Å². The third-order valence-corrected chi connectivity index (χ3v) is 6.41. The molecule has 0 saturated heterocycles. The van der Waals surface area contributed by atoms with Crippen LogP contribution in [0.5, 0.6) is 0 Å². The molecule has 5 nitrogen and oxygen atoms in total. The number of carbonyl (C=O) groups excluding carboxylic acids is 1. The zero-order valence-corrected chi connectivity index (χ0v) is 17.2. The van der Waals surface area contributed by atoms with Crippen LogP contribution in [0.25, 0.3) is 11.4 Å². The van der Waals surface area contributed by atoms with Crippen molar-refractivity contribution in [1.82, 2.24) is 19.7 Å². The fourth-order valence-corrected chi connectivity index (χ4v) is 4.45. The van der Waals surface area contributed by atoms with E-state index < -0.39 is 30.5 Å². The van der Waals surface area contributed by atoms with Crippen LogP contribution in [0.15, 0.2) is 29.4 Å². The van der Waals surface area contributed by atoms with Gasteiger partial charge in [-0.3, -0.25) is 9.36 Å². The summed E-state index contributed by atoms with van der Waals surface area (Å²) in [4.78, 5) is 13.6. The summed E-state index contributed by atoms with van der Waals surface area (Å²) >= 11 is 1.06. The van der Waals surface area contributed by atoms with E-state index in [-0.39, 0.29) is 17.7 Å². The van der Waals surface area contributed by atoms with Crippen molar-refractivity contribution in [2.24, 2.45) is 5.92 Å². The van der Waals surface area contributed by atoms with Gasteiger partial charge in [-0.25, -0.2) is 4.39 Å². The highest BCUT2D eigenvalue weighted by atomic mass is 32.2. The highest BCUT2D eigenvalue weighted by Crippen LogP contribution is 2.42. The molecule has 4 rings (SSSR count). The van der Waals surface area contributed by atoms with E-state index in [0.717, 1.165) is 42.3 Å². The predicted octanol–water partition coefficient (Wildman–Crippen LogP) is 4.70. The van der Waals surface area contributed by atoms with Gasteiger partial charge in [-0.15, -0.1) is 10.2 Å². The average molecular weight is 442 g/mol. The highest BCUT2D eigenvalue weighted by Gasteiger charge is 2.40. The molecule has 0 aliphatic heterocycles. The number of hydrogen-bond acceptors (Lipinski definition) is 4. The molecule has 0 radical (unpaired) electrons. The molecule has 1 heterocycles. The van der Waals surface area contributed by atoms with Crippen molar-refractivity contribution in [3.8, 4) is 11.4 Å². The second-order valence-corrected chi connectivity index (χ2v) is 8.83. The first kappa shape index (κ1) is 21.1. The summed E-state index contributed by atoms with van der Waals surface area (Å²) in [6.07, 6.45) is -0.981. The molecule has 1 aromatic heterocycles. The first-order valence-electron chi connectivity index (χ1n) is 9.93. The zero-order chi connectivity index (χ0) is 21.5. The first-order chi connectivity index (χ1) is 14.2. The first-order valence-corrected chi connectivity index (χ1v) is 10.9. The summed E-state index contributed by atoms with van der Waals surface area (Å²) in [6, 6.07) is 5.90. The minimum absolute atomic E-state index is 0.115. The number of aromatic nitrogens is 3. The molecule has 0 N–H and O–H groups in total. The van der Waals surface area contributed by atoms with Gasteiger partial charge in [0.1, 0.15) is 12.4 Å². The lowest BCUT2D eigenvalue weighted by atomic mass is 10.2. The molecule has 2 aliphatic carbocycles. The van der Waals surface area contributed by atoms with E-state index in [2.05, 4.69) is 10.2 Å². The summed E-state index contributed by atoms with van der Waals surface area (Å²) in [7, 11) is 0. The van der Waals surface area contributed by atoms with E-state index >= 15 is 0 Å². The molecule has 1 unspecified atom stereocenters. The Labute approximate surface area is 175 Å². The van der Waals surface area contributed by atoms with Gasteiger partial charge in [0.2, 0.25) is 5.91 Å². The van der Waals surface area contributed by atoms with Gasteiger partial charge in [0.25, 0.3) is 0 Å². The largest absolute Gasteiger partial charge is 0.406 e. The number of amides is 1. The molecule has 162 valence electrons. The van der Waals surface area contributed by atoms with E-state index in [9.17, 15) is 22.4 Å². The summed E-state index contributed by atoms with van der Waals surface area (Å²) in [6.45, 7) is 0.425. The number of alkyl halides is 3. The van der Waals surface area contributed by atoms with E-state index in [1.54, 1.807) is 29.7 Å². The van der Waals surface area contributed by atoms with Gasteiger partial charge in [0.15, 0.2) is 11.0 Å². The van der Waals surface area contributed by atoms with Gasteiger partial charge in [-0.2, -0.15) is 13.2 Å². The Morgan fingerprint density at radius 1 is 1.23 bits per heavy atom. The number of thioether (sulfide) groups is 1. The third-order valence-electron chi connectivity index (χ3n) is 5.48. The molecule has 1 atom stereocenters. The van der Waals surface area contributed by atoms with Crippen LogP contribution in [0.2, 0.25) is 0 Å². The summed E-state index contributed by atoms with van der Waals surface area (Å²) < 4.78 is 55.1. The minimum atomic E-state index is -4.45. The Balaban J connectivity index is 1.51. The standard InChI is InChI=1S/C20H22F4N4OS/c1-12(13-6-7-13)27(11-20(22,23)24)17(29)10-30-19-26-25-18(28(19)14-8-9-14)15-4-2-3-5-16(15)21/h2-5,12-14H,6-11H2,1H3. The number of rotatable bonds is 8. The molecule has 0 spiro atoms. The van der Waals surface area contributed by atoms with Crippen molar-refractivity contribution in [1.29, 1.82) is 0 Å². The van der Waals surface area contributed by atoms with Crippen LogP contribution in [-0.4, -0.2) is 50.1 Å². The van der Waals surface area contributed by atoms with Crippen molar-refractivity contribution >= 4 is 17.7 Å². The lowest BCUT2D eigenvalue weighted by molar-refractivity contribution is -0.164. The van der Waals surface area contributed by atoms with E-state index in [4.69, 9.17) is 0 Å². The molecule has 2 fully saturated rings. The van der Waals surface area contributed by atoms with E-state index in [1.807, 2.05) is 0 Å². The zero-order valence-electron chi connectivity index (χ0n) is 16.4. The average Bonchev–Trinajstić information content (AvgIpc) is 3.61. The quantitative estimate of drug-likeness (QED) is 0.439. The lowest BCUT2D eigenvalue weighted by Gasteiger charge is -2.30. The molecule has 2 aliphatic rings. The van der Waals surface area contributed by atoms with Gasteiger partial charge >= 0.3 is 6.18 Å². The van der Waals surface area contributed by atoms with Crippen LogP contribution in [0.1, 0.15) is 38.6 Å². The van der Waals surface area contributed by atoms with Crippen molar-refractivity contribution in [2.45, 2.75) is 56.0 Å². The third kappa shape index (κ3) is 4.79. The highest BCUT2D eigenvalue weighted by molar-refractivity contribution is 7.99. The number of halogens is 4. The molecule has 10 heteroatoms. The molecular weight excluding hydrogens is 420 g/mol. The van der Waals surface area contributed by atoms with Gasteiger partial charge in [0.05, 0.1) is 11.3 Å². The maximum atomic E-state index is 14.2. The summed E-state index contributed by atoms with van der Waals surface area (Å²) in [5, 5.41) is 8.65. The molecule has 1 amide bonds. The van der Waals surface area contributed by atoms with Crippen LogP contribution in [0.4, 0.5) is 17.6 Å². The number of benzene rings is 1. The molecular formula is C20H22F4N4OS. The number of hydrogen-bond donors (Lipinski definition) is 0. The fraction of sp³-hybridized carbons (Fsp3) is 0.550.